The number of β-lactam (4-membered cyclic amide) rings is 1. The van der Waals surface area contributed by atoms with Crippen molar-refractivity contribution in [3.05, 3.63) is 66.7 Å². The molecule has 1 aromatic heterocycles. The summed E-state index contributed by atoms with van der Waals surface area (Å²) in [5.41, 5.74) is 2.00. The van der Waals surface area contributed by atoms with Gasteiger partial charge in [-0.25, -0.2) is 9.59 Å². The molecule has 3 heterocycles. The van der Waals surface area contributed by atoms with E-state index >= 15 is 0 Å². The number of hydrogen-bond acceptors (Lipinski definition) is 7. The normalized spacial score (nSPS) is 25.3. The summed E-state index contributed by atoms with van der Waals surface area (Å²) in [6, 6.07) is 3.40. The quantitative estimate of drug-likeness (QED) is 0.302. The molecule has 2 amide bonds. The van der Waals surface area contributed by atoms with Crippen molar-refractivity contribution in [1.29, 1.82) is 0 Å². The van der Waals surface area contributed by atoms with Crippen LogP contribution in [0.15, 0.2) is 61.1 Å². The van der Waals surface area contributed by atoms with E-state index in [9.17, 15) is 19.5 Å². The zero-order chi connectivity index (χ0) is 25.8. The fraction of sp³-hybridized carbons (Fsp3) is 0.481. The maximum absolute atomic E-state index is 13.2. The minimum atomic E-state index is -0.819. The maximum atomic E-state index is 13.2. The predicted octanol–water partition coefficient (Wildman–Crippen LogP) is 2.83. The molecule has 0 bridgehead atoms. The summed E-state index contributed by atoms with van der Waals surface area (Å²) in [7, 11) is 0. The van der Waals surface area contributed by atoms with Gasteiger partial charge in [-0.15, -0.1) is 0 Å². The molecule has 36 heavy (non-hydrogen) atoms. The largest absolute Gasteiger partial charge is 0.457 e. The highest BCUT2D eigenvalue weighted by molar-refractivity contribution is 6.01. The van der Waals surface area contributed by atoms with E-state index in [1.807, 2.05) is 12.1 Å². The van der Waals surface area contributed by atoms with Gasteiger partial charge in [-0.2, -0.15) is 0 Å². The number of rotatable bonds is 10. The van der Waals surface area contributed by atoms with E-state index in [0.29, 0.717) is 13.1 Å². The number of pyridine rings is 1. The molecule has 1 saturated heterocycles. The van der Waals surface area contributed by atoms with Crippen LogP contribution in [0.1, 0.15) is 31.7 Å². The Balaban J connectivity index is 1.67. The second kappa shape index (κ2) is 11.1. The van der Waals surface area contributed by atoms with Crippen LogP contribution in [0.4, 0.5) is 4.79 Å². The number of carbonyl (C=O) groups is 3. The summed E-state index contributed by atoms with van der Waals surface area (Å²) >= 11 is 0. The number of fused-ring (bicyclic) bond motifs is 3. The van der Waals surface area contributed by atoms with Crippen molar-refractivity contribution in [2.75, 3.05) is 19.8 Å². The van der Waals surface area contributed by atoms with Crippen molar-refractivity contribution in [2.24, 2.45) is 17.8 Å². The third-order valence-electron chi connectivity index (χ3n) is 7.21. The Labute approximate surface area is 211 Å². The Morgan fingerprint density at radius 2 is 1.92 bits per heavy atom. The molecule has 1 N–H and O–H groups in total. The van der Waals surface area contributed by atoms with Crippen molar-refractivity contribution in [3.8, 4) is 0 Å². The van der Waals surface area contributed by atoms with Gasteiger partial charge >= 0.3 is 12.1 Å². The molecule has 2 fully saturated rings. The first-order valence-corrected chi connectivity index (χ1v) is 12.3. The average molecular weight is 496 g/mol. The molecule has 1 saturated carbocycles. The van der Waals surface area contributed by atoms with Crippen LogP contribution in [0.3, 0.4) is 0 Å². The number of esters is 1. The van der Waals surface area contributed by atoms with Crippen LogP contribution in [-0.2, 0) is 25.6 Å². The van der Waals surface area contributed by atoms with E-state index in [4.69, 9.17) is 9.47 Å². The first-order chi connectivity index (χ1) is 17.4. The number of ether oxygens (including phenoxy) is 2. The van der Waals surface area contributed by atoms with Crippen LogP contribution >= 0.6 is 0 Å². The lowest BCUT2D eigenvalue weighted by atomic mass is 9.69. The lowest BCUT2D eigenvalue weighted by Crippen LogP contribution is -2.64. The Bertz CT molecular complexity index is 1050. The number of nitrogens with zero attached hydrogens (tertiary/aromatic N) is 3. The van der Waals surface area contributed by atoms with Gasteiger partial charge in [0.2, 0.25) is 5.91 Å². The summed E-state index contributed by atoms with van der Waals surface area (Å²) < 4.78 is 10.7. The lowest BCUT2D eigenvalue weighted by molar-refractivity contribution is -0.164. The van der Waals surface area contributed by atoms with Crippen LogP contribution in [-0.4, -0.2) is 69.8 Å². The summed E-state index contributed by atoms with van der Waals surface area (Å²) in [5.74, 6) is -1.63. The van der Waals surface area contributed by atoms with Crippen molar-refractivity contribution >= 4 is 18.0 Å². The van der Waals surface area contributed by atoms with Crippen LogP contribution in [0.5, 0.6) is 0 Å². The standard InChI is InChI=1S/C27H33N3O6/c1-4-13-35-26(33)24-22-19(7-6-8-20(22)23-21(17(3)31)25(32)30(23)24)16-29(27(34)36-14-5-2)15-18-9-11-28-12-10-18/h4-5,9-12,17,19-21,23,31H,1-2,6-8,13-16H2,3H3/t17-,19-,20+,21-,23-/m1/s1. The first kappa shape index (κ1) is 25.6. The second-order valence-electron chi connectivity index (χ2n) is 9.49. The second-order valence-corrected chi connectivity index (χ2v) is 9.49. The van der Waals surface area contributed by atoms with Gasteiger partial charge < -0.3 is 24.4 Å². The first-order valence-electron chi connectivity index (χ1n) is 12.3. The molecule has 9 heteroatoms. The lowest BCUT2D eigenvalue weighted by Gasteiger charge is -2.47. The molecule has 192 valence electrons. The van der Waals surface area contributed by atoms with Crippen molar-refractivity contribution < 1.29 is 29.0 Å². The van der Waals surface area contributed by atoms with Crippen LogP contribution in [0.2, 0.25) is 0 Å². The van der Waals surface area contributed by atoms with E-state index in [2.05, 4.69) is 18.1 Å². The fourth-order valence-corrected chi connectivity index (χ4v) is 5.78. The number of hydrogen-bond donors (Lipinski definition) is 1. The third-order valence-corrected chi connectivity index (χ3v) is 7.21. The predicted molar refractivity (Wildman–Crippen MR) is 131 cm³/mol. The van der Waals surface area contributed by atoms with Gasteiger partial charge in [-0.1, -0.05) is 31.7 Å². The number of aliphatic hydroxyl groups excluding tert-OH is 1. The monoisotopic (exact) mass is 495 g/mol. The Kier molecular flexibility index (Phi) is 7.88. The minimum absolute atomic E-state index is 0.0273. The van der Waals surface area contributed by atoms with Crippen LogP contribution < -0.4 is 0 Å². The minimum Gasteiger partial charge on any atom is -0.457 e. The van der Waals surface area contributed by atoms with Gasteiger partial charge in [0.05, 0.1) is 18.1 Å². The average Bonchev–Trinajstić information content (AvgIpc) is 3.17. The van der Waals surface area contributed by atoms with E-state index in [-0.39, 0.29) is 42.7 Å². The van der Waals surface area contributed by atoms with Crippen LogP contribution in [0, 0.1) is 17.8 Å². The van der Waals surface area contributed by atoms with Gasteiger partial charge in [0, 0.05) is 37.3 Å². The molecule has 2 aliphatic heterocycles. The molecule has 1 aromatic rings. The molecule has 0 unspecified atom stereocenters. The van der Waals surface area contributed by atoms with Gasteiger partial charge in [0.1, 0.15) is 18.9 Å². The highest BCUT2D eigenvalue weighted by atomic mass is 16.6. The van der Waals surface area contributed by atoms with Crippen molar-refractivity contribution in [2.45, 2.75) is 44.9 Å². The molecule has 3 aliphatic rings. The molecule has 0 aromatic carbocycles. The van der Waals surface area contributed by atoms with Crippen molar-refractivity contribution in [1.82, 2.24) is 14.8 Å². The zero-order valence-corrected chi connectivity index (χ0v) is 20.5. The Morgan fingerprint density at radius 1 is 1.22 bits per heavy atom. The summed E-state index contributed by atoms with van der Waals surface area (Å²) in [5, 5.41) is 10.3. The van der Waals surface area contributed by atoms with Gasteiger partial charge in [-0.3, -0.25) is 9.78 Å². The number of aliphatic hydroxyl groups is 1. The molecule has 0 spiro atoms. The Morgan fingerprint density at radius 3 is 2.58 bits per heavy atom. The van der Waals surface area contributed by atoms with Gasteiger partial charge in [0.15, 0.2) is 0 Å². The van der Waals surface area contributed by atoms with E-state index in [0.717, 1.165) is 30.4 Å². The highest BCUT2D eigenvalue weighted by Gasteiger charge is 2.62. The molecule has 9 nitrogen and oxygen atoms in total. The zero-order valence-electron chi connectivity index (χ0n) is 20.5. The number of amides is 2. The molecule has 4 rings (SSSR count). The number of aromatic nitrogens is 1. The maximum Gasteiger partial charge on any atom is 0.410 e. The van der Waals surface area contributed by atoms with Crippen molar-refractivity contribution in [3.63, 3.8) is 0 Å². The SMILES string of the molecule is C=CCOC(=O)C1=C2[C@@H](CN(Cc3ccncc3)C(=O)OCC=C)CCC[C@@H]2[C@@H]2[C@@H]([C@@H](C)O)C(=O)N12. The van der Waals surface area contributed by atoms with Crippen LogP contribution in [0.25, 0.3) is 0 Å². The molecular formula is C27H33N3O6. The van der Waals surface area contributed by atoms with E-state index in [1.54, 1.807) is 24.2 Å². The summed E-state index contributed by atoms with van der Waals surface area (Å²) in [6.45, 7) is 9.56. The number of carbonyl (C=O) groups excluding carboxylic acids is 3. The summed E-state index contributed by atoms with van der Waals surface area (Å²) in [4.78, 5) is 46.3. The van der Waals surface area contributed by atoms with E-state index in [1.165, 1.54) is 17.1 Å². The third kappa shape index (κ3) is 4.80. The molecule has 0 radical (unpaired) electrons. The fourth-order valence-electron chi connectivity index (χ4n) is 5.78. The van der Waals surface area contributed by atoms with Gasteiger partial charge in [-0.05, 0) is 43.0 Å². The van der Waals surface area contributed by atoms with Gasteiger partial charge in [0.25, 0.3) is 0 Å². The highest BCUT2D eigenvalue weighted by Crippen LogP contribution is 2.54. The molecular weight excluding hydrogens is 462 g/mol. The molecule has 5 atom stereocenters. The summed E-state index contributed by atoms with van der Waals surface area (Å²) in [6.07, 6.45) is 7.45. The topological polar surface area (TPSA) is 109 Å². The Hall–Kier alpha value is -3.46. The smallest absolute Gasteiger partial charge is 0.410 e. The van der Waals surface area contributed by atoms with E-state index < -0.39 is 24.1 Å². The molecule has 1 aliphatic carbocycles.